The molecule has 0 bridgehead atoms. The van der Waals surface area contributed by atoms with Crippen LogP contribution in [-0.4, -0.2) is 15.8 Å². The molecule has 1 heterocycles. The monoisotopic (exact) mass is 359 g/mol. The minimum atomic E-state index is -4.47. The molecule has 1 aromatic heterocycles. The lowest BCUT2D eigenvalue weighted by Gasteiger charge is -2.13. The molecular weight excluding hydrogens is 343 g/mol. The van der Waals surface area contributed by atoms with Gasteiger partial charge in [0.25, 0.3) is 0 Å². The largest absolute Gasteiger partial charge is 0.416 e. The number of carbonyl (C=O) groups is 1. The molecule has 1 fully saturated rings. The molecule has 3 atom stereocenters. The summed E-state index contributed by atoms with van der Waals surface area (Å²) < 4.78 is 39.6. The van der Waals surface area contributed by atoms with Crippen molar-refractivity contribution in [2.45, 2.75) is 38.3 Å². The zero-order chi connectivity index (χ0) is 19.1. The highest BCUT2D eigenvalue weighted by molar-refractivity contribution is 5.93. The lowest BCUT2D eigenvalue weighted by Crippen LogP contribution is -2.17. The van der Waals surface area contributed by atoms with Crippen LogP contribution in [0.2, 0.25) is 0 Å². The molecule has 1 saturated carbocycles. The maximum Gasteiger partial charge on any atom is 0.416 e. The summed E-state index contributed by atoms with van der Waals surface area (Å²) in [4.78, 5) is 21.0. The minimum absolute atomic E-state index is 0.116. The van der Waals surface area contributed by atoms with Crippen molar-refractivity contribution in [1.29, 1.82) is 5.26 Å². The van der Waals surface area contributed by atoms with Crippen LogP contribution >= 0.6 is 0 Å². The Bertz CT molecular complexity index is 881. The Morgan fingerprint density at radius 2 is 1.96 bits per heavy atom. The van der Waals surface area contributed by atoms with Crippen LogP contribution in [0.5, 0.6) is 0 Å². The fourth-order valence-electron chi connectivity index (χ4n) is 3.31. The molecule has 2 aromatic rings. The van der Waals surface area contributed by atoms with Crippen LogP contribution < -0.4 is 0 Å². The maximum atomic E-state index is 13.2. The molecule has 0 N–H and O–H groups in total. The van der Waals surface area contributed by atoms with E-state index >= 15 is 0 Å². The first kappa shape index (κ1) is 18.1. The molecule has 0 saturated heterocycles. The first-order chi connectivity index (χ1) is 12.2. The molecule has 134 valence electrons. The molecule has 1 aromatic carbocycles. The summed E-state index contributed by atoms with van der Waals surface area (Å²) in [6.45, 7) is 3.39. The molecule has 26 heavy (non-hydrogen) atoms. The van der Waals surface area contributed by atoms with E-state index in [0.717, 1.165) is 6.07 Å². The number of hydrogen-bond donors (Lipinski definition) is 0. The third-order valence-electron chi connectivity index (χ3n) is 4.52. The number of Topliss-reactive ketones (excluding diaryl/α,β-unsaturated/α-hetero) is 1. The fourth-order valence-corrected chi connectivity index (χ4v) is 3.31. The van der Waals surface area contributed by atoms with Gasteiger partial charge < -0.3 is 0 Å². The minimum Gasteiger partial charge on any atom is -0.297 e. The number of aryl methyl sites for hydroxylation is 2. The number of carbonyl (C=O) groups excluding carboxylic acids is 1. The van der Waals surface area contributed by atoms with Gasteiger partial charge in [-0.05, 0) is 43.9 Å². The average Bonchev–Trinajstić information content (AvgIpc) is 3.34. The quantitative estimate of drug-likeness (QED) is 0.825. The third kappa shape index (κ3) is 3.45. The second kappa shape index (κ2) is 6.52. The predicted molar refractivity (Wildman–Crippen MR) is 87.2 cm³/mol. The molecule has 0 radical (unpaired) electrons. The van der Waals surface area contributed by atoms with Crippen molar-refractivity contribution >= 4 is 5.78 Å². The Labute approximate surface area is 148 Å². The average molecular weight is 359 g/mol. The third-order valence-corrected chi connectivity index (χ3v) is 4.52. The zero-order valence-corrected chi connectivity index (χ0v) is 14.2. The summed E-state index contributed by atoms with van der Waals surface area (Å²) in [7, 11) is 0. The molecule has 0 amide bonds. The summed E-state index contributed by atoms with van der Waals surface area (Å²) in [5, 5.41) is 9.44. The maximum absolute atomic E-state index is 13.2. The van der Waals surface area contributed by atoms with E-state index in [1.54, 1.807) is 19.9 Å². The Balaban J connectivity index is 1.86. The highest BCUT2D eigenvalue weighted by Crippen LogP contribution is 2.52. The number of alkyl halides is 3. The zero-order valence-electron chi connectivity index (χ0n) is 14.2. The molecule has 4 nitrogen and oxygen atoms in total. The Morgan fingerprint density at radius 3 is 2.58 bits per heavy atom. The van der Waals surface area contributed by atoms with Gasteiger partial charge in [-0.1, -0.05) is 18.2 Å². The summed E-state index contributed by atoms with van der Waals surface area (Å²) in [6, 6.07) is 8.80. The summed E-state index contributed by atoms with van der Waals surface area (Å²) in [6.07, 6.45) is -4.16. The molecule has 0 aliphatic heterocycles. The number of nitrogens with zero attached hydrogens (tertiary/aromatic N) is 3. The van der Waals surface area contributed by atoms with Gasteiger partial charge >= 0.3 is 6.18 Å². The normalized spacial score (nSPS) is 20.3. The molecule has 1 aliphatic rings. The number of halogens is 3. The smallest absolute Gasteiger partial charge is 0.297 e. The number of benzene rings is 1. The first-order valence-electron chi connectivity index (χ1n) is 8.14. The predicted octanol–water partition coefficient (Wildman–Crippen LogP) is 4.09. The van der Waals surface area contributed by atoms with E-state index in [4.69, 9.17) is 0 Å². The van der Waals surface area contributed by atoms with E-state index in [1.807, 2.05) is 6.07 Å². The van der Waals surface area contributed by atoms with Crippen LogP contribution in [0, 0.1) is 31.1 Å². The molecule has 7 heteroatoms. The van der Waals surface area contributed by atoms with Gasteiger partial charge in [0.15, 0.2) is 5.78 Å². The van der Waals surface area contributed by atoms with E-state index < -0.39 is 29.5 Å². The van der Waals surface area contributed by atoms with Crippen LogP contribution in [-0.2, 0) is 11.0 Å². The van der Waals surface area contributed by atoms with Crippen LogP contribution in [0.1, 0.15) is 46.6 Å². The number of aromatic nitrogens is 2. The van der Waals surface area contributed by atoms with Crippen molar-refractivity contribution in [3.8, 4) is 6.07 Å². The highest BCUT2D eigenvalue weighted by atomic mass is 19.4. The van der Waals surface area contributed by atoms with E-state index in [9.17, 15) is 23.2 Å². The van der Waals surface area contributed by atoms with Gasteiger partial charge in [-0.25, -0.2) is 9.97 Å². The highest BCUT2D eigenvalue weighted by Gasteiger charge is 2.49. The van der Waals surface area contributed by atoms with Crippen LogP contribution in [0.3, 0.4) is 0 Å². The second-order valence-corrected chi connectivity index (χ2v) is 6.48. The van der Waals surface area contributed by atoms with Gasteiger partial charge in [0.1, 0.15) is 11.7 Å². The van der Waals surface area contributed by atoms with Gasteiger partial charge in [-0.3, -0.25) is 4.79 Å². The van der Waals surface area contributed by atoms with Crippen molar-refractivity contribution < 1.29 is 18.0 Å². The van der Waals surface area contributed by atoms with Crippen LogP contribution in [0.4, 0.5) is 13.2 Å². The van der Waals surface area contributed by atoms with Gasteiger partial charge in [0.05, 0.1) is 17.3 Å². The second-order valence-electron chi connectivity index (χ2n) is 6.48. The summed E-state index contributed by atoms with van der Waals surface area (Å²) in [5.74, 6) is -2.14. The standard InChI is InChI=1S/C19H16F3N3O/c1-10-7-17(25-11(2)24-10)15(9-23)18(26)14-8-13(14)12-5-3-4-6-16(12)19(20,21)22/h3-7,13-15H,8H2,1-2H3/t13-,14-,15+/m1/s1. The van der Waals surface area contributed by atoms with Gasteiger partial charge in [0.2, 0.25) is 0 Å². The van der Waals surface area contributed by atoms with Gasteiger partial charge in [-0.2, -0.15) is 18.4 Å². The molecule has 3 rings (SSSR count). The molecule has 0 unspecified atom stereocenters. The number of nitriles is 1. The van der Waals surface area contributed by atoms with Crippen molar-refractivity contribution in [1.82, 2.24) is 9.97 Å². The Kier molecular flexibility index (Phi) is 4.53. The molecular formula is C19H16F3N3O. The van der Waals surface area contributed by atoms with E-state index in [-0.39, 0.29) is 11.3 Å². The topological polar surface area (TPSA) is 66.6 Å². The van der Waals surface area contributed by atoms with Crippen molar-refractivity contribution in [2.75, 3.05) is 0 Å². The van der Waals surface area contributed by atoms with Gasteiger partial charge in [-0.15, -0.1) is 0 Å². The fraction of sp³-hybridized carbons (Fsp3) is 0.368. The van der Waals surface area contributed by atoms with Crippen molar-refractivity contribution in [3.05, 3.63) is 58.7 Å². The summed E-state index contributed by atoms with van der Waals surface area (Å²) >= 11 is 0. The Hall–Kier alpha value is -2.75. The lowest BCUT2D eigenvalue weighted by molar-refractivity contribution is -0.138. The first-order valence-corrected chi connectivity index (χ1v) is 8.14. The van der Waals surface area contributed by atoms with E-state index in [1.165, 1.54) is 18.2 Å². The lowest BCUT2D eigenvalue weighted by atomic mass is 9.94. The number of rotatable bonds is 4. The van der Waals surface area contributed by atoms with Crippen LogP contribution in [0.25, 0.3) is 0 Å². The number of ketones is 1. The van der Waals surface area contributed by atoms with Crippen molar-refractivity contribution in [2.24, 2.45) is 5.92 Å². The molecule has 0 spiro atoms. The van der Waals surface area contributed by atoms with E-state index in [2.05, 4.69) is 9.97 Å². The van der Waals surface area contributed by atoms with Crippen LogP contribution in [0.15, 0.2) is 30.3 Å². The van der Waals surface area contributed by atoms with Gasteiger partial charge in [0, 0.05) is 11.6 Å². The summed E-state index contributed by atoms with van der Waals surface area (Å²) in [5.41, 5.74) is 0.334. The number of hydrogen-bond acceptors (Lipinski definition) is 4. The molecule has 1 aliphatic carbocycles. The SMILES string of the molecule is Cc1cc([C@H](C#N)C(=O)[C@@H]2C[C@@H]2c2ccccc2C(F)(F)F)nc(C)n1. The van der Waals surface area contributed by atoms with Crippen molar-refractivity contribution in [3.63, 3.8) is 0 Å². The van der Waals surface area contributed by atoms with E-state index in [0.29, 0.717) is 23.6 Å². The Morgan fingerprint density at radius 1 is 1.27 bits per heavy atom.